The molecular formula is C18H21N5O4. The van der Waals surface area contributed by atoms with E-state index in [4.69, 9.17) is 9.47 Å². The van der Waals surface area contributed by atoms with Crippen molar-refractivity contribution >= 4 is 23.8 Å². The fraction of sp³-hybridized carbons (Fsp3) is 0.333. The highest BCUT2D eigenvalue weighted by atomic mass is 16.5. The lowest BCUT2D eigenvalue weighted by Crippen LogP contribution is -2.46. The number of nitrogens with zero attached hydrogens (tertiary/aromatic N) is 4. The second-order valence-corrected chi connectivity index (χ2v) is 5.91. The molecule has 1 N–H and O–H groups in total. The molecule has 1 aliphatic rings. The molecular weight excluding hydrogens is 350 g/mol. The van der Waals surface area contributed by atoms with Gasteiger partial charge in [-0.3, -0.25) is 9.59 Å². The largest absolute Gasteiger partial charge is 0.497 e. The summed E-state index contributed by atoms with van der Waals surface area (Å²) in [6.07, 6.45) is 2.21. The van der Waals surface area contributed by atoms with Crippen molar-refractivity contribution in [2.45, 2.75) is 0 Å². The number of carbonyl (C=O) groups is 2. The zero-order chi connectivity index (χ0) is 19.2. The quantitative estimate of drug-likeness (QED) is 0.757. The molecule has 3 rings (SSSR count). The minimum atomic E-state index is -0.367. The van der Waals surface area contributed by atoms with E-state index in [2.05, 4.69) is 15.3 Å². The lowest BCUT2D eigenvalue weighted by molar-refractivity contribution is -0.118. The number of nitrogens with one attached hydrogen (secondary N) is 1. The number of hydrogen-bond donors (Lipinski definition) is 1. The number of ether oxygens (including phenoxy) is 2. The van der Waals surface area contributed by atoms with Crippen LogP contribution in [0, 0.1) is 0 Å². The van der Waals surface area contributed by atoms with Crippen molar-refractivity contribution in [1.29, 1.82) is 0 Å². The topological polar surface area (TPSA) is 96.9 Å². The summed E-state index contributed by atoms with van der Waals surface area (Å²) in [6, 6.07) is 6.77. The third-order valence-corrected chi connectivity index (χ3v) is 4.33. The van der Waals surface area contributed by atoms with Crippen LogP contribution < -0.4 is 19.7 Å². The minimum absolute atomic E-state index is 0.246. The standard InChI is InChI=1S/C18H21N5O4/c1-26-13-3-4-14(16(9-13)27-2)21-18(25)15-10-17(20-11-19-15)23-7-5-22(12-24)6-8-23/h3-4,9-12H,5-8H2,1-2H3,(H,21,25). The van der Waals surface area contributed by atoms with Crippen molar-refractivity contribution < 1.29 is 19.1 Å². The van der Waals surface area contributed by atoms with Crippen LogP contribution in [0.4, 0.5) is 11.5 Å². The predicted molar refractivity (Wildman–Crippen MR) is 99.4 cm³/mol. The first-order valence-electron chi connectivity index (χ1n) is 8.44. The van der Waals surface area contributed by atoms with Crippen molar-refractivity contribution in [3.63, 3.8) is 0 Å². The number of anilines is 2. The Bertz CT molecular complexity index is 821. The summed E-state index contributed by atoms with van der Waals surface area (Å²) in [5, 5.41) is 2.79. The summed E-state index contributed by atoms with van der Waals surface area (Å²) in [5.74, 6) is 1.40. The number of carbonyl (C=O) groups excluding carboxylic acids is 2. The van der Waals surface area contributed by atoms with E-state index in [1.54, 1.807) is 36.3 Å². The van der Waals surface area contributed by atoms with Gasteiger partial charge in [0.05, 0.1) is 19.9 Å². The first-order chi connectivity index (χ1) is 13.1. The lowest BCUT2D eigenvalue weighted by atomic mass is 10.2. The number of benzene rings is 1. The Labute approximate surface area is 156 Å². The van der Waals surface area contributed by atoms with Gasteiger partial charge in [-0.05, 0) is 12.1 Å². The van der Waals surface area contributed by atoms with Gasteiger partial charge in [0.25, 0.3) is 5.91 Å². The number of hydrogen-bond acceptors (Lipinski definition) is 7. The normalized spacial score (nSPS) is 13.9. The van der Waals surface area contributed by atoms with Gasteiger partial charge >= 0.3 is 0 Å². The molecule has 1 aromatic heterocycles. The maximum atomic E-state index is 12.6. The first-order valence-corrected chi connectivity index (χ1v) is 8.44. The van der Waals surface area contributed by atoms with Crippen molar-refractivity contribution in [3.05, 3.63) is 36.3 Å². The number of piperazine rings is 1. The zero-order valence-corrected chi connectivity index (χ0v) is 15.2. The number of methoxy groups -OCH3 is 2. The molecule has 0 bridgehead atoms. The van der Waals surface area contributed by atoms with Crippen molar-refractivity contribution in [2.75, 3.05) is 50.6 Å². The molecule has 2 aromatic rings. The molecule has 0 spiro atoms. The third kappa shape index (κ3) is 4.25. The van der Waals surface area contributed by atoms with Crippen LogP contribution in [0.2, 0.25) is 0 Å². The molecule has 0 radical (unpaired) electrons. The SMILES string of the molecule is COc1ccc(NC(=O)c2cc(N3CCN(C=O)CC3)ncn2)c(OC)c1. The highest BCUT2D eigenvalue weighted by Crippen LogP contribution is 2.29. The average molecular weight is 371 g/mol. The van der Waals surface area contributed by atoms with E-state index in [1.807, 2.05) is 4.90 Å². The fourth-order valence-electron chi connectivity index (χ4n) is 2.79. The van der Waals surface area contributed by atoms with Gasteiger partial charge in [-0.1, -0.05) is 0 Å². The van der Waals surface area contributed by atoms with Gasteiger partial charge in [-0.25, -0.2) is 9.97 Å². The van der Waals surface area contributed by atoms with Gasteiger partial charge in [0.1, 0.15) is 29.3 Å². The summed E-state index contributed by atoms with van der Waals surface area (Å²) >= 11 is 0. The van der Waals surface area contributed by atoms with Gasteiger partial charge in [0.15, 0.2) is 0 Å². The Kier molecular flexibility index (Phi) is 5.70. The van der Waals surface area contributed by atoms with Crippen LogP contribution in [0.1, 0.15) is 10.5 Å². The molecule has 1 aliphatic heterocycles. The maximum Gasteiger partial charge on any atom is 0.274 e. The Morgan fingerprint density at radius 3 is 2.56 bits per heavy atom. The van der Waals surface area contributed by atoms with Crippen molar-refractivity contribution in [3.8, 4) is 11.5 Å². The number of aromatic nitrogens is 2. The molecule has 9 nitrogen and oxygen atoms in total. The maximum absolute atomic E-state index is 12.6. The second kappa shape index (κ2) is 8.35. The Balaban J connectivity index is 1.73. The molecule has 142 valence electrons. The van der Waals surface area contributed by atoms with Gasteiger partial charge < -0.3 is 24.6 Å². The van der Waals surface area contributed by atoms with E-state index >= 15 is 0 Å². The third-order valence-electron chi connectivity index (χ3n) is 4.33. The highest BCUT2D eigenvalue weighted by Gasteiger charge is 2.19. The number of amides is 2. The zero-order valence-electron chi connectivity index (χ0n) is 15.2. The van der Waals surface area contributed by atoms with Gasteiger partial charge in [0.2, 0.25) is 6.41 Å². The second-order valence-electron chi connectivity index (χ2n) is 5.91. The van der Waals surface area contributed by atoms with Crippen LogP contribution in [-0.4, -0.2) is 67.6 Å². The summed E-state index contributed by atoms with van der Waals surface area (Å²) < 4.78 is 10.5. The Hall–Kier alpha value is -3.36. The average Bonchev–Trinajstić information content (AvgIpc) is 2.74. The molecule has 9 heteroatoms. The van der Waals surface area contributed by atoms with E-state index in [-0.39, 0.29) is 11.6 Å². The van der Waals surface area contributed by atoms with Crippen molar-refractivity contribution in [1.82, 2.24) is 14.9 Å². The Morgan fingerprint density at radius 1 is 1.11 bits per heavy atom. The van der Waals surface area contributed by atoms with Crippen LogP contribution in [0.3, 0.4) is 0 Å². The molecule has 27 heavy (non-hydrogen) atoms. The van der Waals surface area contributed by atoms with Crippen LogP contribution in [-0.2, 0) is 4.79 Å². The Morgan fingerprint density at radius 2 is 1.89 bits per heavy atom. The van der Waals surface area contributed by atoms with E-state index in [0.29, 0.717) is 49.2 Å². The summed E-state index contributed by atoms with van der Waals surface area (Å²) in [7, 11) is 3.08. The molecule has 1 fully saturated rings. The monoisotopic (exact) mass is 371 g/mol. The highest BCUT2D eigenvalue weighted by molar-refractivity contribution is 6.04. The van der Waals surface area contributed by atoms with E-state index in [0.717, 1.165) is 6.41 Å². The minimum Gasteiger partial charge on any atom is -0.497 e. The van der Waals surface area contributed by atoms with E-state index < -0.39 is 0 Å². The van der Waals surface area contributed by atoms with Crippen LogP contribution in [0.5, 0.6) is 11.5 Å². The molecule has 1 aromatic carbocycles. The summed E-state index contributed by atoms with van der Waals surface area (Å²) in [6.45, 7) is 2.56. The van der Waals surface area contributed by atoms with E-state index in [9.17, 15) is 9.59 Å². The molecule has 0 aliphatic carbocycles. The summed E-state index contributed by atoms with van der Waals surface area (Å²) in [4.78, 5) is 35.5. The first kappa shape index (κ1) is 18.4. The van der Waals surface area contributed by atoms with Crippen LogP contribution >= 0.6 is 0 Å². The molecule has 2 amide bonds. The fourth-order valence-corrected chi connectivity index (χ4v) is 2.79. The molecule has 0 saturated carbocycles. The van der Waals surface area contributed by atoms with E-state index in [1.165, 1.54) is 13.4 Å². The van der Waals surface area contributed by atoms with Gasteiger partial charge in [-0.15, -0.1) is 0 Å². The molecule has 2 heterocycles. The predicted octanol–water partition coefficient (Wildman–Crippen LogP) is 1.02. The molecule has 0 atom stereocenters. The summed E-state index contributed by atoms with van der Waals surface area (Å²) in [5.41, 5.74) is 0.763. The molecule has 1 saturated heterocycles. The molecule has 0 unspecified atom stereocenters. The van der Waals surface area contributed by atoms with Crippen LogP contribution in [0.25, 0.3) is 0 Å². The lowest BCUT2D eigenvalue weighted by Gasteiger charge is -2.33. The smallest absolute Gasteiger partial charge is 0.274 e. The van der Waals surface area contributed by atoms with Crippen LogP contribution in [0.15, 0.2) is 30.6 Å². The van der Waals surface area contributed by atoms with Gasteiger partial charge in [0, 0.05) is 38.3 Å². The van der Waals surface area contributed by atoms with Gasteiger partial charge in [-0.2, -0.15) is 0 Å². The van der Waals surface area contributed by atoms with Crippen molar-refractivity contribution in [2.24, 2.45) is 0 Å². The number of rotatable bonds is 6.